The first-order valence-electron chi connectivity index (χ1n) is 3.94. The van der Waals surface area contributed by atoms with Crippen LogP contribution >= 0.6 is 0 Å². The first kappa shape index (κ1) is 8.32. The number of aromatic amines is 2. The number of aromatic nitrogens is 2. The summed E-state index contributed by atoms with van der Waals surface area (Å²) >= 11 is 0. The van der Waals surface area contributed by atoms with Gasteiger partial charge in [0.15, 0.2) is 0 Å². The van der Waals surface area contributed by atoms with Gasteiger partial charge in [-0.15, -0.1) is 6.42 Å². The molecule has 2 N–H and O–H groups in total. The molecule has 1 aromatic carbocycles. The number of benzene rings is 1. The highest BCUT2D eigenvalue weighted by molar-refractivity contribution is 5.83. The molecule has 2 aromatic rings. The van der Waals surface area contributed by atoms with Crippen molar-refractivity contribution >= 4 is 10.9 Å². The minimum absolute atomic E-state index is 0.342. The molecule has 2 rings (SSSR count). The minimum atomic E-state index is -0.531. The average Bonchev–Trinajstić information content (AvgIpc) is 2.16. The third kappa shape index (κ3) is 1.12. The number of hydrogen-bond acceptors (Lipinski definition) is 2. The Labute approximate surface area is 78.6 Å². The second-order valence-electron chi connectivity index (χ2n) is 2.78. The topological polar surface area (TPSA) is 65.7 Å². The van der Waals surface area contributed by atoms with Crippen LogP contribution in [0.5, 0.6) is 0 Å². The SMILES string of the molecule is C#Cc1cccc2[nH]c(=O)[nH]c(=O)c12. The van der Waals surface area contributed by atoms with Gasteiger partial charge in [0.1, 0.15) is 0 Å². The summed E-state index contributed by atoms with van der Waals surface area (Å²) in [5.41, 5.74) is -0.0665. The average molecular weight is 186 g/mol. The molecule has 68 valence electrons. The third-order valence-corrected chi connectivity index (χ3v) is 1.92. The fourth-order valence-electron chi connectivity index (χ4n) is 1.34. The van der Waals surface area contributed by atoms with Crippen LogP contribution in [0.15, 0.2) is 27.8 Å². The molecule has 0 spiro atoms. The number of hydrogen-bond donors (Lipinski definition) is 2. The van der Waals surface area contributed by atoms with E-state index < -0.39 is 11.2 Å². The van der Waals surface area contributed by atoms with Crippen molar-refractivity contribution in [3.8, 4) is 12.3 Å². The lowest BCUT2D eigenvalue weighted by atomic mass is 10.1. The Kier molecular flexibility index (Phi) is 1.72. The summed E-state index contributed by atoms with van der Waals surface area (Å²) in [6.07, 6.45) is 5.23. The zero-order chi connectivity index (χ0) is 10.1. The van der Waals surface area contributed by atoms with Crippen LogP contribution in [0.4, 0.5) is 0 Å². The summed E-state index contributed by atoms with van der Waals surface area (Å²) in [7, 11) is 0. The first-order valence-corrected chi connectivity index (χ1v) is 3.94. The van der Waals surface area contributed by atoms with Crippen LogP contribution in [0.2, 0.25) is 0 Å². The largest absolute Gasteiger partial charge is 0.326 e. The molecule has 0 saturated carbocycles. The van der Waals surface area contributed by atoms with E-state index in [1.165, 1.54) is 0 Å². The Morgan fingerprint density at radius 1 is 1.21 bits per heavy atom. The molecule has 4 heteroatoms. The minimum Gasteiger partial charge on any atom is -0.307 e. The lowest BCUT2D eigenvalue weighted by Crippen LogP contribution is -2.22. The molecular weight excluding hydrogens is 180 g/mol. The van der Waals surface area contributed by atoms with Crippen LogP contribution in [-0.4, -0.2) is 9.97 Å². The maximum absolute atomic E-state index is 11.4. The molecule has 0 aliphatic heterocycles. The van der Waals surface area contributed by atoms with Gasteiger partial charge in [-0.05, 0) is 12.1 Å². The molecule has 1 heterocycles. The zero-order valence-electron chi connectivity index (χ0n) is 7.13. The Morgan fingerprint density at radius 2 is 2.00 bits per heavy atom. The van der Waals surface area contributed by atoms with E-state index in [2.05, 4.69) is 15.9 Å². The van der Waals surface area contributed by atoms with E-state index in [1.54, 1.807) is 18.2 Å². The van der Waals surface area contributed by atoms with Crippen LogP contribution in [0, 0.1) is 12.3 Å². The Hall–Kier alpha value is -2.28. The van der Waals surface area contributed by atoms with E-state index in [0.717, 1.165) is 0 Å². The van der Waals surface area contributed by atoms with Gasteiger partial charge in [0, 0.05) is 5.56 Å². The summed E-state index contributed by atoms with van der Waals surface area (Å²) in [6.45, 7) is 0. The van der Waals surface area contributed by atoms with Crippen LogP contribution in [0.25, 0.3) is 10.9 Å². The highest BCUT2D eigenvalue weighted by atomic mass is 16.2. The standard InChI is InChI=1S/C10H6N2O2/c1-2-6-4-3-5-7-8(6)9(13)12-10(14)11-7/h1,3-5H,(H2,11,12,13,14). The molecule has 0 fully saturated rings. The quantitative estimate of drug-likeness (QED) is 0.577. The number of fused-ring (bicyclic) bond motifs is 1. The van der Waals surface area contributed by atoms with Crippen molar-refractivity contribution in [2.75, 3.05) is 0 Å². The Bertz CT molecular complexity index is 643. The predicted octanol–water partition coefficient (Wildman–Crippen LogP) is 0.198. The van der Waals surface area contributed by atoms with Gasteiger partial charge >= 0.3 is 5.69 Å². The van der Waals surface area contributed by atoms with Gasteiger partial charge in [-0.2, -0.15) is 0 Å². The molecule has 14 heavy (non-hydrogen) atoms. The lowest BCUT2D eigenvalue weighted by molar-refractivity contribution is 1.08. The van der Waals surface area contributed by atoms with E-state index >= 15 is 0 Å². The van der Waals surface area contributed by atoms with Crippen molar-refractivity contribution in [1.82, 2.24) is 9.97 Å². The molecule has 4 nitrogen and oxygen atoms in total. The maximum Gasteiger partial charge on any atom is 0.326 e. The van der Waals surface area contributed by atoms with Crippen LogP contribution in [-0.2, 0) is 0 Å². The smallest absolute Gasteiger partial charge is 0.307 e. The van der Waals surface area contributed by atoms with E-state index in [1.807, 2.05) is 0 Å². The van der Waals surface area contributed by atoms with Crippen LogP contribution in [0.1, 0.15) is 5.56 Å². The zero-order valence-corrected chi connectivity index (χ0v) is 7.13. The molecule has 0 aliphatic rings. The van der Waals surface area contributed by atoms with Crippen LogP contribution in [0.3, 0.4) is 0 Å². The van der Waals surface area contributed by atoms with Gasteiger partial charge in [0.25, 0.3) is 5.56 Å². The summed E-state index contributed by atoms with van der Waals surface area (Å²) in [6, 6.07) is 4.97. The van der Waals surface area contributed by atoms with Gasteiger partial charge in [0.2, 0.25) is 0 Å². The van der Waals surface area contributed by atoms with Crippen LogP contribution < -0.4 is 11.2 Å². The van der Waals surface area contributed by atoms with E-state index in [9.17, 15) is 9.59 Å². The van der Waals surface area contributed by atoms with Crippen molar-refractivity contribution in [2.45, 2.75) is 0 Å². The third-order valence-electron chi connectivity index (χ3n) is 1.92. The number of nitrogens with one attached hydrogen (secondary N) is 2. The fraction of sp³-hybridized carbons (Fsp3) is 0. The molecule has 0 aliphatic carbocycles. The predicted molar refractivity (Wildman–Crippen MR) is 53.1 cm³/mol. The Morgan fingerprint density at radius 3 is 2.71 bits per heavy atom. The summed E-state index contributed by atoms with van der Waals surface area (Å²) in [5, 5.41) is 0.342. The number of H-pyrrole nitrogens is 2. The summed E-state index contributed by atoms with van der Waals surface area (Å²) < 4.78 is 0. The van der Waals surface area contributed by atoms with E-state index in [4.69, 9.17) is 6.42 Å². The lowest BCUT2D eigenvalue weighted by Gasteiger charge is -1.97. The summed E-state index contributed by atoms with van der Waals surface area (Å²) in [4.78, 5) is 27.0. The first-order chi connectivity index (χ1) is 6.72. The van der Waals surface area contributed by atoms with Gasteiger partial charge in [0.05, 0.1) is 10.9 Å². The normalized spacial score (nSPS) is 9.93. The number of rotatable bonds is 0. The summed E-state index contributed by atoms with van der Waals surface area (Å²) in [5.74, 6) is 2.39. The highest BCUT2D eigenvalue weighted by Crippen LogP contribution is 2.09. The Balaban J connectivity index is 3.12. The van der Waals surface area contributed by atoms with Crippen molar-refractivity contribution in [1.29, 1.82) is 0 Å². The molecule has 0 atom stereocenters. The maximum atomic E-state index is 11.4. The van der Waals surface area contributed by atoms with Crippen molar-refractivity contribution in [3.05, 3.63) is 44.6 Å². The molecule has 1 aromatic heterocycles. The van der Waals surface area contributed by atoms with Crippen molar-refractivity contribution in [2.24, 2.45) is 0 Å². The second kappa shape index (κ2) is 2.89. The monoisotopic (exact) mass is 186 g/mol. The molecule has 0 saturated heterocycles. The van der Waals surface area contributed by atoms with E-state index in [0.29, 0.717) is 16.5 Å². The molecular formula is C10H6N2O2. The fourth-order valence-corrected chi connectivity index (χ4v) is 1.34. The van der Waals surface area contributed by atoms with Gasteiger partial charge in [-0.1, -0.05) is 12.0 Å². The second-order valence-corrected chi connectivity index (χ2v) is 2.78. The number of terminal acetylenes is 1. The molecule has 0 radical (unpaired) electrons. The molecule has 0 amide bonds. The van der Waals surface area contributed by atoms with E-state index in [-0.39, 0.29) is 0 Å². The highest BCUT2D eigenvalue weighted by Gasteiger charge is 2.03. The van der Waals surface area contributed by atoms with Gasteiger partial charge in [-0.3, -0.25) is 9.78 Å². The molecule has 0 bridgehead atoms. The van der Waals surface area contributed by atoms with Crippen molar-refractivity contribution in [3.63, 3.8) is 0 Å². The van der Waals surface area contributed by atoms with Gasteiger partial charge in [-0.25, -0.2) is 4.79 Å². The van der Waals surface area contributed by atoms with Gasteiger partial charge < -0.3 is 4.98 Å². The van der Waals surface area contributed by atoms with Crippen molar-refractivity contribution < 1.29 is 0 Å². The molecule has 0 unspecified atom stereocenters.